The predicted octanol–water partition coefficient (Wildman–Crippen LogP) is 5.41. The van der Waals surface area contributed by atoms with Crippen molar-refractivity contribution in [2.45, 2.75) is 32.8 Å². The minimum atomic E-state index is -0.648. The van der Waals surface area contributed by atoms with Gasteiger partial charge in [-0.1, -0.05) is 24.3 Å². The summed E-state index contributed by atoms with van der Waals surface area (Å²) in [6, 6.07) is 21.1. The zero-order valence-electron chi connectivity index (χ0n) is 20.4. The average Bonchev–Trinajstić information content (AvgIpc) is 3.08. The van der Waals surface area contributed by atoms with E-state index in [-0.39, 0.29) is 5.91 Å². The maximum absolute atomic E-state index is 13.7. The molecule has 2 amide bonds. The molecule has 35 heavy (non-hydrogen) atoms. The molecule has 1 aliphatic heterocycles. The van der Waals surface area contributed by atoms with E-state index in [0.29, 0.717) is 36.4 Å². The van der Waals surface area contributed by atoms with Gasteiger partial charge in [-0.15, -0.1) is 0 Å². The number of nitrogens with one attached hydrogen (secondary N) is 1. The minimum absolute atomic E-state index is 0.122. The first-order valence-corrected chi connectivity index (χ1v) is 11.8. The maximum atomic E-state index is 13.7. The third kappa shape index (κ3) is 5.90. The van der Waals surface area contributed by atoms with Gasteiger partial charge in [0.1, 0.15) is 5.60 Å². The van der Waals surface area contributed by atoms with E-state index in [9.17, 15) is 9.59 Å². The van der Waals surface area contributed by atoms with Crippen molar-refractivity contribution in [2.75, 3.05) is 36.4 Å². The van der Waals surface area contributed by atoms with Crippen molar-refractivity contribution in [3.05, 3.63) is 71.8 Å². The highest BCUT2D eigenvalue weighted by molar-refractivity contribution is 6.07. The molecule has 1 fully saturated rings. The lowest BCUT2D eigenvalue weighted by Crippen LogP contribution is -2.36. The first kappa shape index (κ1) is 24.1. The normalized spacial score (nSPS) is 14.2. The van der Waals surface area contributed by atoms with Gasteiger partial charge in [-0.25, -0.2) is 4.79 Å². The average molecular weight is 471 g/mol. The Kier molecular flexibility index (Phi) is 6.92. The largest absolute Gasteiger partial charge is 0.444 e. The standard InChI is InChI=1S/C28H30N4O3/c1-28(2,3)35-27(34)30-25-18-22-8-5-4-7-21(22)17-24(25)26(33)32-14-6-13-31(15-16-32)23-11-9-20(19-29)10-12-23/h4-5,7-12,17-18H,6,13-16H2,1-3H3,(H,30,34). The number of carbonyl (C=O) groups excluding carboxylic acids is 2. The van der Waals surface area contributed by atoms with Gasteiger partial charge in [-0.3, -0.25) is 10.1 Å². The number of nitriles is 1. The lowest BCUT2D eigenvalue weighted by atomic mass is 10.0. The topological polar surface area (TPSA) is 85.7 Å². The van der Waals surface area contributed by atoms with E-state index in [0.717, 1.165) is 29.4 Å². The van der Waals surface area contributed by atoms with Gasteiger partial charge in [0, 0.05) is 31.9 Å². The molecule has 1 N–H and O–H groups in total. The molecule has 1 aliphatic rings. The van der Waals surface area contributed by atoms with Crippen LogP contribution in [0.5, 0.6) is 0 Å². The Bertz CT molecular complexity index is 1270. The molecule has 180 valence electrons. The highest BCUT2D eigenvalue weighted by Crippen LogP contribution is 2.27. The smallest absolute Gasteiger partial charge is 0.412 e. The summed E-state index contributed by atoms with van der Waals surface area (Å²) in [5.41, 5.74) is 1.90. The van der Waals surface area contributed by atoms with Gasteiger partial charge in [0.15, 0.2) is 0 Å². The van der Waals surface area contributed by atoms with Crippen molar-refractivity contribution >= 4 is 34.1 Å². The molecule has 0 aromatic heterocycles. The molecule has 3 aromatic carbocycles. The summed E-state index contributed by atoms with van der Waals surface area (Å²) in [6.07, 6.45) is 0.221. The van der Waals surface area contributed by atoms with Crippen LogP contribution in [-0.4, -0.2) is 48.7 Å². The minimum Gasteiger partial charge on any atom is -0.444 e. The van der Waals surface area contributed by atoms with Gasteiger partial charge >= 0.3 is 6.09 Å². The zero-order valence-corrected chi connectivity index (χ0v) is 20.4. The van der Waals surface area contributed by atoms with Crippen LogP contribution in [-0.2, 0) is 4.74 Å². The summed E-state index contributed by atoms with van der Waals surface area (Å²) < 4.78 is 5.43. The van der Waals surface area contributed by atoms with Crippen LogP contribution in [0.1, 0.15) is 43.1 Å². The fourth-order valence-corrected chi connectivity index (χ4v) is 4.23. The number of nitrogens with zero attached hydrogens (tertiary/aromatic N) is 3. The Labute approximate surface area is 205 Å². The summed E-state index contributed by atoms with van der Waals surface area (Å²) in [5.74, 6) is -0.122. The van der Waals surface area contributed by atoms with E-state index in [1.165, 1.54) is 0 Å². The first-order valence-electron chi connectivity index (χ1n) is 11.8. The zero-order chi connectivity index (χ0) is 25.0. The van der Waals surface area contributed by atoms with Gasteiger partial charge in [-0.05, 0) is 74.4 Å². The molecular formula is C28H30N4O3. The molecular weight excluding hydrogens is 440 g/mol. The molecule has 0 unspecified atom stereocenters. The van der Waals surface area contributed by atoms with Crippen LogP contribution >= 0.6 is 0 Å². The van der Waals surface area contributed by atoms with Gasteiger partial charge in [0.2, 0.25) is 0 Å². The second-order valence-corrected chi connectivity index (χ2v) is 9.66. The lowest BCUT2D eigenvalue weighted by molar-refractivity contribution is 0.0636. The van der Waals surface area contributed by atoms with Crippen LogP contribution in [0.25, 0.3) is 10.8 Å². The number of rotatable bonds is 3. The van der Waals surface area contributed by atoms with Crippen LogP contribution in [0.15, 0.2) is 60.7 Å². The number of hydrogen-bond acceptors (Lipinski definition) is 5. The second kappa shape index (κ2) is 10.1. The molecule has 1 saturated heterocycles. The van der Waals surface area contributed by atoms with Crippen molar-refractivity contribution in [2.24, 2.45) is 0 Å². The van der Waals surface area contributed by atoms with Crippen molar-refractivity contribution in [1.82, 2.24) is 4.90 Å². The monoisotopic (exact) mass is 470 g/mol. The molecule has 3 aromatic rings. The third-order valence-electron chi connectivity index (χ3n) is 5.90. The highest BCUT2D eigenvalue weighted by Gasteiger charge is 2.25. The number of carbonyl (C=O) groups is 2. The molecule has 7 nitrogen and oxygen atoms in total. The molecule has 0 radical (unpaired) electrons. The summed E-state index contributed by atoms with van der Waals surface area (Å²) in [7, 11) is 0. The number of anilines is 2. The van der Waals surface area contributed by atoms with Crippen LogP contribution in [0.3, 0.4) is 0 Å². The van der Waals surface area contributed by atoms with Gasteiger partial charge in [0.05, 0.1) is 22.9 Å². The van der Waals surface area contributed by atoms with Crippen molar-refractivity contribution in [1.29, 1.82) is 5.26 Å². The summed E-state index contributed by atoms with van der Waals surface area (Å²) >= 11 is 0. The molecule has 0 aliphatic carbocycles. The van der Waals surface area contributed by atoms with E-state index in [1.54, 1.807) is 20.8 Å². The van der Waals surface area contributed by atoms with Crippen molar-refractivity contribution < 1.29 is 14.3 Å². The highest BCUT2D eigenvalue weighted by atomic mass is 16.6. The van der Waals surface area contributed by atoms with Crippen molar-refractivity contribution in [3.8, 4) is 6.07 Å². The fourth-order valence-electron chi connectivity index (χ4n) is 4.23. The van der Waals surface area contributed by atoms with Crippen LogP contribution in [0.2, 0.25) is 0 Å². The number of amides is 2. The Balaban J connectivity index is 1.57. The Hall–Kier alpha value is -4.05. The Morgan fingerprint density at radius 3 is 2.29 bits per heavy atom. The number of ether oxygens (including phenoxy) is 1. The van der Waals surface area contributed by atoms with Crippen molar-refractivity contribution in [3.63, 3.8) is 0 Å². The van der Waals surface area contributed by atoms with E-state index in [4.69, 9.17) is 10.00 Å². The molecule has 4 rings (SSSR count). The van der Waals surface area contributed by atoms with Gasteiger partial charge in [-0.2, -0.15) is 5.26 Å². The molecule has 0 atom stereocenters. The number of benzene rings is 3. The summed E-state index contributed by atoms with van der Waals surface area (Å²) in [4.78, 5) is 30.3. The number of hydrogen-bond donors (Lipinski definition) is 1. The van der Waals surface area contributed by atoms with E-state index in [1.807, 2.05) is 65.6 Å². The van der Waals surface area contributed by atoms with Crippen LogP contribution in [0.4, 0.5) is 16.2 Å². The quantitative estimate of drug-likeness (QED) is 0.553. The van der Waals surface area contributed by atoms with Gasteiger partial charge < -0.3 is 14.5 Å². The van der Waals surface area contributed by atoms with Crippen LogP contribution in [0, 0.1) is 11.3 Å². The maximum Gasteiger partial charge on any atom is 0.412 e. The summed E-state index contributed by atoms with van der Waals surface area (Å²) in [5, 5.41) is 13.7. The molecule has 0 spiro atoms. The lowest BCUT2D eigenvalue weighted by Gasteiger charge is -2.25. The fraction of sp³-hybridized carbons (Fsp3) is 0.321. The Morgan fingerprint density at radius 1 is 0.943 bits per heavy atom. The molecule has 7 heteroatoms. The first-order chi connectivity index (χ1) is 16.7. The van der Waals surface area contributed by atoms with E-state index < -0.39 is 11.7 Å². The van der Waals surface area contributed by atoms with E-state index in [2.05, 4.69) is 16.3 Å². The van der Waals surface area contributed by atoms with E-state index >= 15 is 0 Å². The van der Waals surface area contributed by atoms with Gasteiger partial charge in [0.25, 0.3) is 5.91 Å². The molecule has 0 bridgehead atoms. The third-order valence-corrected chi connectivity index (χ3v) is 5.90. The molecule has 1 heterocycles. The Morgan fingerprint density at radius 2 is 1.63 bits per heavy atom. The SMILES string of the molecule is CC(C)(C)OC(=O)Nc1cc2ccccc2cc1C(=O)N1CCCN(c2ccc(C#N)cc2)CC1. The summed E-state index contributed by atoms with van der Waals surface area (Å²) in [6.45, 7) is 8.07. The molecule has 0 saturated carbocycles. The van der Waals surface area contributed by atoms with Crippen LogP contribution < -0.4 is 10.2 Å². The predicted molar refractivity (Wildman–Crippen MR) is 138 cm³/mol. The second-order valence-electron chi connectivity index (χ2n) is 9.66. The number of fused-ring (bicyclic) bond motifs is 1.